The molecular weight excluding hydrogens is 232 g/mol. The highest BCUT2D eigenvalue weighted by atomic mass is 32.2. The van der Waals surface area contributed by atoms with E-state index in [-0.39, 0.29) is 17.5 Å². The molecule has 0 aliphatic heterocycles. The van der Waals surface area contributed by atoms with Crippen LogP contribution in [0.4, 0.5) is 0 Å². The largest absolute Gasteiger partial charge is 0.472 e. The van der Waals surface area contributed by atoms with E-state index in [1.807, 2.05) is 0 Å². The summed E-state index contributed by atoms with van der Waals surface area (Å²) in [7, 11) is -3.56. The molecule has 0 spiro atoms. The van der Waals surface area contributed by atoms with E-state index < -0.39 is 10.1 Å². The van der Waals surface area contributed by atoms with Gasteiger partial charge in [-0.15, -0.1) is 0 Å². The lowest BCUT2D eigenvalue weighted by molar-refractivity contribution is 0.345. The molecular formula is C9H12N2O4S. The molecule has 7 heteroatoms. The SMILES string of the molecule is C=CCOc1cnc(OS(=O)(=O)CC)cn1. The fourth-order valence-corrected chi connectivity index (χ4v) is 1.22. The Morgan fingerprint density at radius 1 is 1.38 bits per heavy atom. The Balaban J connectivity index is 2.68. The third-order valence-corrected chi connectivity index (χ3v) is 2.65. The van der Waals surface area contributed by atoms with Crippen molar-refractivity contribution in [3.8, 4) is 11.8 Å². The van der Waals surface area contributed by atoms with Crippen LogP contribution >= 0.6 is 0 Å². The highest BCUT2D eigenvalue weighted by molar-refractivity contribution is 7.87. The van der Waals surface area contributed by atoms with Gasteiger partial charge < -0.3 is 8.92 Å². The minimum Gasteiger partial charge on any atom is -0.472 e. The molecule has 0 aromatic carbocycles. The van der Waals surface area contributed by atoms with Crippen molar-refractivity contribution in [2.24, 2.45) is 0 Å². The van der Waals surface area contributed by atoms with Crippen molar-refractivity contribution >= 4 is 10.1 Å². The number of aromatic nitrogens is 2. The summed E-state index contributed by atoms with van der Waals surface area (Å²) in [5, 5.41) is 0. The lowest BCUT2D eigenvalue weighted by Gasteiger charge is -2.04. The van der Waals surface area contributed by atoms with Gasteiger partial charge in [-0.1, -0.05) is 12.7 Å². The maximum absolute atomic E-state index is 11.1. The normalized spacial score (nSPS) is 10.8. The van der Waals surface area contributed by atoms with Crippen LogP contribution in [0, 0.1) is 0 Å². The van der Waals surface area contributed by atoms with Crippen molar-refractivity contribution < 1.29 is 17.3 Å². The second-order valence-electron chi connectivity index (χ2n) is 2.72. The fourth-order valence-electron chi connectivity index (χ4n) is 0.755. The lowest BCUT2D eigenvalue weighted by Crippen LogP contribution is -2.12. The van der Waals surface area contributed by atoms with Crippen molar-refractivity contribution in [3.63, 3.8) is 0 Å². The molecule has 6 nitrogen and oxygen atoms in total. The number of hydrogen-bond acceptors (Lipinski definition) is 6. The average molecular weight is 244 g/mol. The van der Waals surface area contributed by atoms with Gasteiger partial charge in [0, 0.05) is 0 Å². The van der Waals surface area contributed by atoms with Crippen molar-refractivity contribution in [2.45, 2.75) is 6.92 Å². The molecule has 0 fully saturated rings. The summed E-state index contributed by atoms with van der Waals surface area (Å²) >= 11 is 0. The predicted molar refractivity (Wildman–Crippen MR) is 57.8 cm³/mol. The third kappa shape index (κ3) is 3.85. The molecule has 0 saturated carbocycles. The molecule has 1 aromatic rings. The molecule has 88 valence electrons. The summed E-state index contributed by atoms with van der Waals surface area (Å²) in [6.07, 6.45) is 4.03. The van der Waals surface area contributed by atoms with E-state index in [0.29, 0.717) is 6.61 Å². The van der Waals surface area contributed by atoms with Gasteiger partial charge in [0.2, 0.25) is 5.88 Å². The molecule has 16 heavy (non-hydrogen) atoms. The summed E-state index contributed by atoms with van der Waals surface area (Å²) in [6, 6.07) is 0. The number of ether oxygens (including phenoxy) is 1. The molecule has 0 radical (unpaired) electrons. The maximum atomic E-state index is 11.1. The van der Waals surface area contributed by atoms with Gasteiger partial charge in [0.1, 0.15) is 6.61 Å². The summed E-state index contributed by atoms with van der Waals surface area (Å²) in [5.41, 5.74) is 0. The molecule has 0 saturated heterocycles. The zero-order valence-electron chi connectivity index (χ0n) is 8.79. The van der Waals surface area contributed by atoms with Crippen LogP contribution in [0.5, 0.6) is 11.8 Å². The van der Waals surface area contributed by atoms with Crippen LogP contribution in [-0.2, 0) is 10.1 Å². The van der Waals surface area contributed by atoms with Gasteiger partial charge in [-0.2, -0.15) is 8.42 Å². The van der Waals surface area contributed by atoms with Gasteiger partial charge in [-0.25, -0.2) is 9.97 Å². The quantitative estimate of drug-likeness (QED) is 0.543. The summed E-state index contributed by atoms with van der Waals surface area (Å²) < 4.78 is 31.9. The van der Waals surface area contributed by atoms with E-state index in [2.05, 4.69) is 20.7 Å². The fraction of sp³-hybridized carbons (Fsp3) is 0.333. The van der Waals surface area contributed by atoms with Crippen molar-refractivity contribution in [2.75, 3.05) is 12.4 Å². The molecule has 1 rings (SSSR count). The Morgan fingerprint density at radius 3 is 2.50 bits per heavy atom. The van der Waals surface area contributed by atoms with E-state index in [0.717, 1.165) is 0 Å². The minimum atomic E-state index is -3.56. The van der Waals surface area contributed by atoms with E-state index >= 15 is 0 Å². The number of rotatable bonds is 6. The Labute approximate surface area is 94.1 Å². The maximum Gasteiger partial charge on any atom is 0.310 e. The van der Waals surface area contributed by atoms with Crippen LogP contribution in [0.3, 0.4) is 0 Å². The monoisotopic (exact) mass is 244 g/mol. The second kappa shape index (κ2) is 5.45. The van der Waals surface area contributed by atoms with E-state index in [1.54, 1.807) is 6.08 Å². The van der Waals surface area contributed by atoms with Gasteiger partial charge in [-0.05, 0) is 6.92 Å². The highest BCUT2D eigenvalue weighted by Gasteiger charge is 2.10. The van der Waals surface area contributed by atoms with E-state index in [9.17, 15) is 8.42 Å². The first-order valence-electron chi connectivity index (χ1n) is 4.55. The van der Waals surface area contributed by atoms with Crippen LogP contribution in [0.2, 0.25) is 0 Å². The molecule has 0 atom stereocenters. The van der Waals surface area contributed by atoms with Gasteiger partial charge in [0.25, 0.3) is 5.88 Å². The van der Waals surface area contributed by atoms with Crippen LogP contribution < -0.4 is 8.92 Å². The third-order valence-electron chi connectivity index (χ3n) is 1.52. The molecule has 1 heterocycles. The molecule has 0 aliphatic carbocycles. The number of hydrogen-bond donors (Lipinski definition) is 0. The number of nitrogens with zero attached hydrogens (tertiary/aromatic N) is 2. The van der Waals surface area contributed by atoms with Crippen molar-refractivity contribution in [3.05, 3.63) is 25.0 Å². The molecule has 0 N–H and O–H groups in total. The molecule has 0 amide bonds. The topological polar surface area (TPSA) is 78.4 Å². The summed E-state index contributed by atoms with van der Waals surface area (Å²) in [5.74, 6) is 0.0811. The lowest BCUT2D eigenvalue weighted by atomic mass is 10.6. The Hall–Kier alpha value is -1.63. The van der Waals surface area contributed by atoms with Gasteiger partial charge in [-0.3, -0.25) is 0 Å². The molecule has 1 aromatic heterocycles. The smallest absolute Gasteiger partial charge is 0.310 e. The predicted octanol–water partition coefficient (Wildman–Crippen LogP) is 0.770. The van der Waals surface area contributed by atoms with Crippen molar-refractivity contribution in [1.29, 1.82) is 0 Å². The van der Waals surface area contributed by atoms with Gasteiger partial charge >= 0.3 is 10.1 Å². The molecule has 0 bridgehead atoms. The zero-order valence-corrected chi connectivity index (χ0v) is 9.61. The van der Waals surface area contributed by atoms with Gasteiger partial charge in [0.05, 0.1) is 18.1 Å². The average Bonchev–Trinajstić information content (AvgIpc) is 2.28. The highest BCUT2D eigenvalue weighted by Crippen LogP contribution is 2.11. The van der Waals surface area contributed by atoms with E-state index in [1.165, 1.54) is 19.3 Å². The van der Waals surface area contributed by atoms with Gasteiger partial charge in [0.15, 0.2) is 0 Å². The second-order valence-corrected chi connectivity index (χ2v) is 4.58. The first-order chi connectivity index (χ1) is 7.57. The molecule has 0 unspecified atom stereocenters. The van der Waals surface area contributed by atoms with Crippen LogP contribution in [-0.4, -0.2) is 30.7 Å². The standard InChI is InChI=1S/C9H12N2O4S/c1-3-5-14-8-6-11-9(7-10-8)15-16(12,13)4-2/h3,6-7H,1,4-5H2,2H3. The Morgan fingerprint density at radius 2 is 2.00 bits per heavy atom. The summed E-state index contributed by atoms with van der Waals surface area (Å²) in [6.45, 7) is 5.26. The summed E-state index contributed by atoms with van der Waals surface area (Å²) in [4.78, 5) is 7.55. The zero-order chi connectivity index (χ0) is 12.0. The first-order valence-corrected chi connectivity index (χ1v) is 6.13. The van der Waals surface area contributed by atoms with Crippen molar-refractivity contribution in [1.82, 2.24) is 9.97 Å². The Kier molecular flexibility index (Phi) is 4.24. The minimum absolute atomic E-state index is 0.0761. The first kappa shape index (κ1) is 12.4. The van der Waals surface area contributed by atoms with E-state index in [4.69, 9.17) is 4.74 Å². The Bertz CT molecular complexity index is 441. The van der Waals surface area contributed by atoms with Crippen LogP contribution in [0.25, 0.3) is 0 Å². The van der Waals surface area contributed by atoms with Crippen LogP contribution in [0.1, 0.15) is 6.92 Å². The van der Waals surface area contributed by atoms with Crippen LogP contribution in [0.15, 0.2) is 25.0 Å². The molecule has 0 aliphatic rings.